The Kier molecular flexibility index (Phi) is 8.56. The minimum atomic E-state index is -1.14. The van der Waals surface area contributed by atoms with E-state index >= 15 is 0 Å². The predicted octanol–water partition coefficient (Wildman–Crippen LogP) is 2.11. The van der Waals surface area contributed by atoms with E-state index in [9.17, 15) is 28.8 Å². The SMILES string of the molecule is CC(C)(C)[C@H](NC(=O)NC1(C(=O)c2ccccn2)CCCCC1)C(=O)N1C[C@H]2[C@@H]([C@H]1C(=O)NC(C(=O)C(N)=O)C1CC1)C2(C)C. The van der Waals surface area contributed by atoms with Gasteiger partial charge in [-0.15, -0.1) is 0 Å². The summed E-state index contributed by atoms with van der Waals surface area (Å²) in [7, 11) is 0. The Labute approximate surface area is 264 Å². The van der Waals surface area contributed by atoms with Crippen molar-refractivity contribution in [3.63, 3.8) is 0 Å². The number of ketones is 2. The van der Waals surface area contributed by atoms with Gasteiger partial charge in [-0.25, -0.2) is 4.79 Å². The molecule has 4 fully saturated rings. The van der Waals surface area contributed by atoms with Crippen LogP contribution in [-0.2, 0) is 19.2 Å². The molecule has 1 saturated heterocycles. The molecule has 0 spiro atoms. The fourth-order valence-corrected chi connectivity index (χ4v) is 7.54. The van der Waals surface area contributed by atoms with Crippen molar-refractivity contribution in [3.8, 4) is 0 Å². The number of rotatable bonds is 10. The summed E-state index contributed by atoms with van der Waals surface area (Å²) in [5.74, 6) is -3.33. The van der Waals surface area contributed by atoms with Crippen LogP contribution in [0.25, 0.3) is 0 Å². The topological polar surface area (TPSA) is 181 Å². The van der Waals surface area contributed by atoms with Crippen molar-refractivity contribution in [2.75, 3.05) is 6.54 Å². The molecule has 5 atom stereocenters. The third-order valence-corrected chi connectivity index (χ3v) is 10.5. The average molecular weight is 623 g/mol. The lowest BCUT2D eigenvalue weighted by molar-refractivity contribution is -0.145. The van der Waals surface area contributed by atoms with Gasteiger partial charge in [0.15, 0.2) is 0 Å². The zero-order valence-electron chi connectivity index (χ0n) is 26.9. The highest BCUT2D eigenvalue weighted by molar-refractivity contribution is 6.38. The molecule has 0 bridgehead atoms. The van der Waals surface area contributed by atoms with Crippen LogP contribution in [0.1, 0.15) is 90.1 Å². The van der Waals surface area contributed by atoms with Crippen LogP contribution in [-0.4, -0.2) is 75.4 Å². The van der Waals surface area contributed by atoms with E-state index in [2.05, 4.69) is 20.9 Å². The summed E-state index contributed by atoms with van der Waals surface area (Å²) in [5.41, 5.74) is 3.46. The third kappa shape index (κ3) is 6.33. The highest BCUT2D eigenvalue weighted by Gasteiger charge is 2.70. The van der Waals surface area contributed by atoms with Crippen LogP contribution in [0.3, 0.4) is 0 Å². The average Bonchev–Trinajstić information content (AvgIpc) is 3.86. The zero-order chi connectivity index (χ0) is 32.9. The maximum absolute atomic E-state index is 14.3. The van der Waals surface area contributed by atoms with E-state index in [-0.39, 0.29) is 34.6 Å². The molecule has 4 aliphatic rings. The van der Waals surface area contributed by atoms with Crippen molar-refractivity contribution >= 4 is 35.3 Å². The summed E-state index contributed by atoms with van der Waals surface area (Å²) in [6, 6.07) is 1.55. The molecule has 3 saturated carbocycles. The molecule has 1 unspecified atom stereocenters. The molecule has 244 valence electrons. The monoisotopic (exact) mass is 622 g/mol. The minimum Gasteiger partial charge on any atom is -0.363 e. The van der Waals surface area contributed by atoms with E-state index in [0.717, 1.165) is 19.3 Å². The number of carbonyl (C=O) groups excluding carboxylic acids is 6. The standard InChI is InChI=1S/C33H46N6O6/c1-31(2,3)25(37-30(45)38-33(14-8-6-9-15-33)26(41)20-11-7-10-16-35-20)29(44)39-17-19-21(32(19,4)5)23(39)28(43)36-22(18-12-13-18)24(40)27(34)42/h7,10-11,16,18-19,21-23,25H,6,8-9,12-15,17H2,1-5H3,(H2,34,42)(H,36,43)(H2,37,38,45)/t19-,21-,22?,23-,25+/m0/s1. The van der Waals surface area contributed by atoms with Crippen molar-refractivity contribution in [3.05, 3.63) is 30.1 Å². The molecule has 0 radical (unpaired) electrons. The lowest BCUT2D eigenvalue weighted by Crippen LogP contribution is -2.64. The molecule has 45 heavy (non-hydrogen) atoms. The maximum atomic E-state index is 14.3. The Morgan fingerprint density at radius 2 is 1.67 bits per heavy atom. The summed E-state index contributed by atoms with van der Waals surface area (Å²) in [4.78, 5) is 85.4. The lowest BCUT2D eigenvalue weighted by atomic mass is 9.77. The van der Waals surface area contributed by atoms with Crippen LogP contribution < -0.4 is 21.7 Å². The number of piperidine rings is 1. The molecule has 5 N–H and O–H groups in total. The molecule has 12 heteroatoms. The Bertz CT molecular complexity index is 1380. The van der Waals surface area contributed by atoms with Crippen LogP contribution in [0.4, 0.5) is 4.79 Å². The molecule has 1 aromatic heterocycles. The molecule has 1 aromatic rings. The first kappa shape index (κ1) is 32.6. The summed E-state index contributed by atoms with van der Waals surface area (Å²) in [5, 5.41) is 8.57. The van der Waals surface area contributed by atoms with Gasteiger partial charge in [0.25, 0.3) is 5.91 Å². The Balaban J connectivity index is 1.36. The van der Waals surface area contributed by atoms with Gasteiger partial charge in [-0.2, -0.15) is 0 Å². The molecule has 12 nitrogen and oxygen atoms in total. The quantitative estimate of drug-likeness (QED) is 0.228. The smallest absolute Gasteiger partial charge is 0.316 e. The first-order chi connectivity index (χ1) is 21.1. The Morgan fingerprint density at radius 1 is 1.00 bits per heavy atom. The minimum absolute atomic E-state index is 0.0689. The first-order valence-electron chi connectivity index (χ1n) is 16.1. The fraction of sp³-hybridized carbons (Fsp3) is 0.667. The number of fused-ring (bicyclic) bond motifs is 1. The van der Waals surface area contributed by atoms with Gasteiger partial charge in [0, 0.05) is 12.7 Å². The molecule has 2 heterocycles. The Hall–Kier alpha value is -3.83. The highest BCUT2D eigenvalue weighted by Crippen LogP contribution is 2.65. The molecule has 0 aromatic carbocycles. The van der Waals surface area contributed by atoms with E-state index in [1.165, 1.54) is 4.90 Å². The van der Waals surface area contributed by atoms with Crippen molar-refractivity contribution in [2.24, 2.45) is 34.3 Å². The van der Waals surface area contributed by atoms with Crippen molar-refractivity contribution in [1.29, 1.82) is 0 Å². The number of nitrogens with zero attached hydrogens (tertiary/aromatic N) is 2. The second-order valence-corrected chi connectivity index (χ2v) is 15.0. The highest BCUT2D eigenvalue weighted by atomic mass is 16.2. The van der Waals surface area contributed by atoms with Crippen LogP contribution in [0.15, 0.2) is 24.4 Å². The van der Waals surface area contributed by atoms with Gasteiger partial charge in [0.05, 0.1) is 0 Å². The number of hydrogen-bond acceptors (Lipinski definition) is 7. The van der Waals surface area contributed by atoms with E-state index in [1.54, 1.807) is 24.4 Å². The number of urea groups is 1. The number of primary amides is 1. The molecule has 5 amide bonds. The van der Waals surface area contributed by atoms with E-state index in [4.69, 9.17) is 5.73 Å². The summed E-state index contributed by atoms with van der Waals surface area (Å²) in [6.45, 7) is 9.91. The maximum Gasteiger partial charge on any atom is 0.316 e. The van der Waals surface area contributed by atoms with Gasteiger partial charge >= 0.3 is 6.03 Å². The van der Waals surface area contributed by atoms with E-state index < -0.39 is 58.6 Å². The number of pyridine rings is 1. The summed E-state index contributed by atoms with van der Waals surface area (Å²) in [6.07, 6.45) is 6.35. The van der Waals surface area contributed by atoms with Crippen LogP contribution in [0.5, 0.6) is 0 Å². The normalized spacial score (nSPS) is 26.1. The number of likely N-dealkylation sites (tertiary alicyclic amines) is 1. The second-order valence-electron chi connectivity index (χ2n) is 15.0. The number of nitrogens with two attached hydrogens (primary N) is 1. The zero-order valence-corrected chi connectivity index (χ0v) is 26.9. The van der Waals surface area contributed by atoms with Gasteiger partial charge < -0.3 is 26.6 Å². The number of aromatic nitrogens is 1. The number of Topliss-reactive ketones (excluding diaryl/α,β-unsaturated/α-hetero) is 2. The van der Waals surface area contributed by atoms with Crippen LogP contribution in [0, 0.1) is 28.6 Å². The number of hydrogen-bond donors (Lipinski definition) is 4. The third-order valence-electron chi connectivity index (χ3n) is 10.5. The molecule has 3 aliphatic carbocycles. The van der Waals surface area contributed by atoms with E-state index in [0.29, 0.717) is 32.2 Å². The molecular formula is C33H46N6O6. The number of nitrogens with one attached hydrogen (secondary N) is 3. The van der Waals surface area contributed by atoms with Gasteiger partial charge in [-0.3, -0.25) is 29.0 Å². The van der Waals surface area contributed by atoms with Crippen molar-refractivity contribution in [2.45, 2.75) is 103 Å². The van der Waals surface area contributed by atoms with Crippen LogP contribution in [0.2, 0.25) is 0 Å². The summed E-state index contributed by atoms with van der Waals surface area (Å²) >= 11 is 0. The second kappa shape index (κ2) is 11.8. The number of amides is 5. The fourth-order valence-electron chi connectivity index (χ4n) is 7.54. The Morgan fingerprint density at radius 3 is 2.22 bits per heavy atom. The van der Waals surface area contributed by atoms with Gasteiger partial charge in [0.2, 0.25) is 23.4 Å². The van der Waals surface area contributed by atoms with Gasteiger partial charge in [-0.1, -0.05) is 59.9 Å². The largest absolute Gasteiger partial charge is 0.363 e. The van der Waals surface area contributed by atoms with E-state index in [1.807, 2.05) is 34.6 Å². The first-order valence-corrected chi connectivity index (χ1v) is 16.1. The number of carbonyl (C=O) groups is 6. The molecule has 5 rings (SSSR count). The van der Waals surface area contributed by atoms with Gasteiger partial charge in [0.1, 0.15) is 29.4 Å². The van der Waals surface area contributed by atoms with Crippen LogP contribution >= 0.6 is 0 Å². The van der Waals surface area contributed by atoms with Gasteiger partial charge in [-0.05, 0) is 66.4 Å². The lowest BCUT2D eigenvalue weighted by Gasteiger charge is -2.40. The van der Waals surface area contributed by atoms with Crippen molar-refractivity contribution < 1.29 is 28.8 Å². The van der Waals surface area contributed by atoms with Crippen molar-refractivity contribution in [1.82, 2.24) is 25.8 Å². The summed E-state index contributed by atoms with van der Waals surface area (Å²) < 4.78 is 0. The molecular weight excluding hydrogens is 576 g/mol. The molecule has 1 aliphatic heterocycles. The predicted molar refractivity (Wildman–Crippen MR) is 164 cm³/mol.